The van der Waals surface area contributed by atoms with Gasteiger partial charge in [0, 0.05) is 19.3 Å². The third kappa shape index (κ3) is 4.57. The first-order valence-corrected chi connectivity index (χ1v) is 8.00. The number of rotatable bonds is 5. The van der Waals surface area contributed by atoms with Crippen molar-refractivity contribution in [1.29, 1.82) is 0 Å². The predicted molar refractivity (Wildman–Crippen MR) is 84.5 cm³/mol. The van der Waals surface area contributed by atoms with Crippen molar-refractivity contribution in [1.82, 2.24) is 15.2 Å². The minimum atomic E-state index is 0.828. The molecule has 1 aliphatic rings. The highest BCUT2D eigenvalue weighted by Crippen LogP contribution is 2.25. The van der Waals surface area contributed by atoms with Crippen molar-refractivity contribution < 1.29 is 0 Å². The fourth-order valence-electron chi connectivity index (χ4n) is 3.09. The number of pyridine rings is 1. The van der Waals surface area contributed by atoms with E-state index in [-0.39, 0.29) is 0 Å². The van der Waals surface area contributed by atoms with E-state index < -0.39 is 0 Å². The maximum absolute atomic E-state index is 4.59. The minimum absolute atomic E-state index is 0.828. The molecule has 1 unspecified atom stereocenters. The number of nitrogens with zero attached hydrogens (tertiary/aromatic N) is 2. The molecule has 1 N–H and O–H groups in total. The van der Waals surface area contributed by atoms with Crippen LogP contribution < -0.4 is 5.32 Å². The molecule has 0 bridgehead atoms. The Morgan fingerprint density at radius 3 is 2.80 bits per heavy atom. The molecule has 1 aromatic heterocycles. The lowest BCUT2D eigenvalue weighted by molar-refractivity contribution is 0.262. The molecule has 0 amide bonds. The standard InChI is InChI=1S/C17H29N3/c1-14(2)16-5-4-9-20(10-8-16)13-17-7-6-15(11-18-3)12-19-17/h6-7,12,14,16,18H,4-5,8-11,13H2,1-3H3. The molecule has 3 nitrogen and oxygen atoms in total. The second-order valence-corrected chi connectivity index (χ2v) is 6.40. The normalized spacial score (nSPS) is 21.1. The fourth-order valence-corrected chi connectivity index (χ4v) is 3.09. The van der Waals surface area contributed by atoms with Gasteiger partial charge in [-0.1, -0.05) is 19.9 Å². The molecule has 1 aromatic rings. The van der Waals surface area contributed by atoms with Crippen molar-refractivity contribution in [3.8, 4) is 0 Å². The van der Waals surface area contributed by atoms with Crippen molar-refractivity contribution in [2.75, 3.05) is 20.1 Å². The lowest BCUT2D eigenvalue weighted by Crippen LogP contribution is -2.25. The van der Waals surface area contributed by atoms with Crippen LogP contribution in [0.2, 0.25) is 0 Å². The number of aromatic nitrogens is 1. The van der Waals surface area contributed by atoms with E-state index in [0.717, 1.165) is 24.9 Å². The zero-order chi connectivity index (χ0) is 14.4. The van der Waals surface area contributed by atoms with Crippen LogP contribution >= 0.6 is 0 Å². The van der Waals surface area contributed by atoms with Crippen LogP contribution in [0.1, 0.15) is 44.4 Å². The largest absolute Gasteiger partial charge is 0.316 e. The molecule has 2 rings (SSSR count). The van der Waals surface area contributed by atoms with E-state index in [4.69, 9.17) is 0 Å². The van der Waals surface area contributed by atoms with E-state index in [0.29, 0.717) is 0 Å². The number of nitrogens with one attached hydrogen (secondary N) is 1. The lowest BCUT2D eigenvalue weighted by Gasteiger charge is -2.21. The zero-order valence-corrected chi connectivity index (χ0v) is 13.2. The molecule has 112 valence electrons. The summed E-state index contributed by atoms with van der Waals surface area (Å²) in [5.41, 5.74) is 2.46. The van der Waals surface area contributed by atoms with Gasteiger partial charge in [-0.2, -0.15) is 0 Å². The van der Waals surface area contributed by atoms with Gasteiger partial charge in [0.25, 0.3) is 0 Å². The zero-order valence-electron chi connectivity index (χ0n) is 13.2. The maximum Gasteiger partial charge on any atom is 0.0544 e. The summed E-state index contributed by atoms with van der Waals surface area (Å²) in [6.07, 6.45) is 6.07. The molecule has 20 heavy (non-hydrogen) atoms. The van der Waals surface area contributed by atoms with Crippen molar-refractivity contribution in [2.24, 2.45) is 11.8 Å². The summed E-state index contributed by atoms with van der Waals surface area (Å²) in [6.45, 7) is 9.08. The smallest absolute Gasteiger partial charge is 0.0544 e. The molecule has 0 spiro atoms. The Morgan fingerprint density at radius 2 is 2.15 bits per heavy atom. The van der Waals surface area contributed by atoms with E-state index in [1.54, 1.807) is 0 Å². The molecule has 1 aliphatic heterocycles. The lowest BCUT2D eigenvalue weighted by atomic mass is 9.89. The molecule has 1 fully saturated rings. The van der Waals surface area contributed by atoms with Crippen LogP contribution in [0, 0.1) is 11.8 Å². The Balaban J connectivity index is 1.86. The summed E-state index contributed by atoms with van der Waals surface area (Å²) in [7, 11) is 1.97. The second kappa shape index (κ2) is 7.75. The summed E-state index contributed by atoms with van der Waals surface area (Å²) >= 11 is 0. The maximum atomic E-state index is 4.59. The molecule has 3 heteroatoms. The van der Waals surface area contributed by atoms with Gasteiger partial charge < -0.3 is 5.32 Å². The van der Waals surface area contributed by atoms with Crippen LogP contribution in [0.15, 0.2) is 18.3 Å². The molecule has 0 aromatic carbocycles. The summed E-state index contributed by atoms with van der Waals surface area (Å²) in [5, 5.41) is 3.16. The van der Waals surface area contributed by atoms with Gasteiger partial charge in [0.1, 0.15) is 0 Å². The highest BCUT2D eigenvalue weighted by atomic mass is 15.1. The molecular weight excluding hydrogens is 246 g/mol. The number of hydrogen-bond donors (Lipinski definition) is 1. The van der Waals surface area contributed by atoms with Crippen LogP contribution in [0.25, 0.3) is 0 Å². The van der Waals surface area contributed by atoms with Crippen LogP contribution in [-0.4, -0.2) is 30.0 Å². The quantitative estimate of drug-likeness (QED) is 0.895. The van der Waals surface area contributed by atoms with Crippen LogP contribution in [0.4, 0.5) is 0 Å². The Labute approximate surface area is 123 Å². The molecule has 0 radical (unpaired) electrons. The van der Waals surface area contributed by atoms with E-state index in [1.165, 1.54) is 43.6 Å². The van der Waals surface area contributed by atoms with Gasteiger partial charge in [0.2, 0.25) is 0 Å². The van der Waals surface area contributed by atoms with Crippen LogP contribution in [0.5, 0.6) is 0 Å². The van der Waals surface area contributed by atoms with Gasteiger partial charge in [0.15, 0.2) is 0 Å². The fraction of sp³-hybridized carbons (Fsp3) is 0.706. The Kier molecular flexibility index (Phi) is 5.99. The van der Waals surface area contributed by atoms with Crippen molar-refractivity contribution in [2.45, 2.75) is 46.2 Å². The van der Waals surface area contributed by atoms with Gasteiger partial charge in [-0.15, -0.1) is 0 Å². The molecule has 2 heterocycles. The first-order chi connectivity index (χ1) is 9.69. The highest BCUT2D eigenvalue weighted by Gasteiger charge is 2.19. The van der Waals surface area contributed by atoms with Crippen molar-refractivity contribution in [3.05, 3.63) is 29.6 Å². The molecule has 1 atom stereocenters. The van der Waals surface area contributed by atoms with Gasteiger partial charge in [-0.25, -0.2) is 0 Å². The minimum Gasteiger partial charge on any atom is -0.316 e. The summed E-state index contributed by atoms with van der Waals surface area (Å²) < 4.78 is 0. The summed E-state index contributed by atoms with van der Waals surface area (Å²) in [6, 6.07) is 4.37. The topological polar surface area (TPSA) is 28.2 Å². The Bertz CT molecular complexity index is 386. The van der Waals surface area contributed by atoms with Gasteiger partial charge >= 0.3 is 0 Å². The third-order valence-electron chi connectivity index (χ3n) is 4.46. The van der Waals surface area contributed by atoms with Gasteiger partial charge in [-0.05, 0) is 62.9 Å². The van der Waals surface area contributed by atoms with E-state index in [2.05, 4.69) is 41.2 Å². The predicted octanol–water partition coefficient (Wildman–Crippen LogP) is 3.06. The Hall–Kier alpha value is -0.930. The number of hydrogen-bond acceptors (Lipinski definition) is 3. The SMILES string of the molecule is CNCc1ccc(CN2CCCC(C(C)C)CC2)nc1. The molecular formula is C17H29N3. The van der Waals surface area contributed by atoms with Gasteiger partial charge in [0.05, 0.1) is 5.69 Å². The monoisotopic (exact) mass is 275 g/mol. The van der Waals surface area contributed by atoms with Gasteiger partial charge in [-0.3, -0.25) is 9.88 Å². The summed E-state index contributed by atoms with van der Waals surface area (Å²) in [5.74, 6) is 1.74. The number of likely N-dealkylation sites (tertiary alicyclic amines) is 1. The Morgan fingerprint density at radius 1 is 1.30 bits per heavy atom. The summed E-state index contributed by atoms with van der Waals surface area (Å²) in [4.78, 5) is 7.17. The third-order valence-corrected chi connectivity index (χ3v) is 4.46. The average molecular weight is 275 g/mol. The van der Waals surface area contributed by atoms with Crippen molar-refractivity contribution >= 4 is 0 Å². The highest BCUT2D eigenvalue weighted by molar-refractivity contribution is 5.13. The first kappa shape index (κ1) is 15.5. The second-order valence-electron chi connectivity index (χ2n) is 6.40. The van der Waals surface area contributed by atoms with E-state index >= 15 is 0 Å². The van der Waals surface area contributed by atoms with Crippen LogP contribution in [-0.2, 0) is 13.1 Å². The van der Waals surface area contributed by atoms with Crippen molar-refractivity contribution in [3.63, 3.8) is 0 Å². The molecule has 1 saturated heterocycles. The van der Waals surface area contributed by atoms with E-state index in [9.17, 15) is 0 Å². The van der Waals surface area contributed by atoms with E-state index in [1.807, 2.05) is 13.2 Å². The molecule has 0 saturated carbocycles. The average Bonchev–Trinajstić information content (AvgIpc) is 2.67. The van der Waals surface area contributed by atoms with Crippen LogP contribution in [0.3, 0.4) is 0 Å². The molecule has 0 aliphatic carbocycles. The first-order valence-electron chi connectivity index (χ1n) is 8.00.